The summed E-state index contributed by atoms with van der Waals surface area (Å²) in [5, 5.41) is 0. The Balaban J connectivity index is 0.00000220. The van der Waals surface area contributed by atoms with Crippen molar-refractivity contribution in [2.75, 3.05) is 14.2 Å². The summed E-state index contributed by atoms with van der Waals surface area (Å²) in [5.41, 5.74) is 6.52. The Hall–Kier alpha value is -0.780. The molecule has 1 saturated carbocycles. The van der Waals surface area contributed by atoms with E-state index in [9.17, 15) is 4.79 Å². The minimum atomic E-state index is -0.673. The third kappa shape index (κ3) is 4.11. The number of nitrogens with zero attached hydrogens (tertiary/aromatic N) is 1. The van der Waals surface area contributed by atoms with E-state index in [0.29, 0.717) is 6.54 Å². The second kappa shape index (κ2) is 7.47. The van der Waals surface area contributed by atoms with Crippen molar-refractivity contribution in [1.29, 1.82) is 0 Å². The third-order valence-electron chi connectivity index (χ3n) is 3.92. The van der Waals surface area contributed by atoms with Crippen LogP contribution in [0.15, 0.2) is 22.7 Å². The van der Waals surface area contributed by atoms with Gasteiger partial charge in [-0.1, -0.05) is 28.8 Å². The Labute approximate surface area is 140 Å². The summed E-state index contributed by atoms with van der Waals surface area (Å²) in [4.78, 5) is 14.2. The SMILES string of the molecule is COc1ccc(Br)cc1CN(C)C(=O)C1(N)CCCC1.Cl. The summed E-state index contributed by atoms with van der Waals surface area (Å²) in [6, 6.07) is 5.79. The number of methoxy groups -OCH3 is 1. The van der Waals surface area contributed by atoms with Gasteiger partial charge < -0.3 is 15.4 Å². The number of benzene rings is 1. The van der Waals surface area contributed by atoms with Gasteiger partial charge in [0.25, 0.3) is 0 Å². The fourth-order valence-electron chi connectivity index (χ4n) is 2.80. The Morgan fingerprint density at radius 3 is 2.62 bits per heavy atom. The second-order valence-corrected chi connectivity index (χ2v) is 6.40. The zero-order valence-electron chi connectivity index (χ0n) is 12.4. The van der Waals surface area contributed by atoms with E-state index in [2.05, 4.69) is 15.9 Å². The van der Waals surface area contributed by atoms with Crippen LogP contribution in [0.3, 0.4) is 0 Å². The molecule has 118 valence electrons. The van der Waals surface area contributed by atoms with Crippen molar-refractivity contribution < 1.29 is 9.53 Å². The fourth-order valence-corrected chi connectivity index (χ4v) is 3.21. The summed E-state index contributed by atoms with van der Waals surface area (Å²) in [6.07, 6.45) is 3.64. The Morgan fingerprint density at radius 1 is 1.43 bits per heavy atom. The van der Waals surface area contributed by atoms with Crippen molar-refractivity contribution in [1.82, 2.24) is 4.90 Å². The molecule has 0 spiro atoms. The van der Waals surface area contributed by atoms with E-state index in [4.69, 9.17) is 10.5 Å². The topological polar surface area (TPSA) is 55.6 Å². The molecule has 21 heavy (non-hydrogen) atoms. The quantitative estimate of drug-likeness (QED) is 0.877. The van der Waals surface area contributed by atoms with Crippen LogP contribution in [0, 0.1) is 0 Å². The monoisotopic (exact) mass is 376 g/mol. The van der Waals surface area contributed by atoms with Gasteiger partial charge in [0.05, 0.1) is 12.6 Å². The van der Waals surface area contributed by atoms with Crippen LogP contribution < -0.4 is 10.5 Å². The highest BCUT2D eigenvalue weighted by Gasteiger charge is 2.38. The van der Waals surface area contributed by atoms with Gasteiger partial charge in [-0.3, -0.25) is 4.79 Å². The van der Waals surface area contributed by atoms with Gasteiger partial charge in [-0.05, 0) is 31.0 Å². The number of hydrogen-bond donors (Lipinski definition) is 1. The average Bonchev–Trinajstić information content (AvgIpc) is 2.86. The molecule has 1 aromatic carbocycles. The summed E-state index contributed by atoms with van der Waals surface area (Å²) in [5.74, 6) is 0.808. The van der Waals surface area contributed by atoms with Crippen molar-refractivity contribution >= 4 is 34.2 Å². The van der Waals surface area contributed by atoms with Crippen LogP contribution in [0.5, 0.6) is 5.75 Å². The maximum Gasteiger partial charge on any atom is 0.242 e. The van der Waals surface area contributed by atoms with Crippen LogP contribution in [0.4, 0.5) is 0 Å². The lowest BCUT2D eigenvalue weighted by Crippen LogP contribution is -2.52. The van der Waals surface area contributed by atoms with Crippen molar-refractivity contribution in [2.24, 2.45) is 5.73 Å². The number of hydrogen-bond acceptors (Lipinski definition) is 3. The molecule has 2 N–H and O–H groups in total. The van der Waals surface area contributed by atoms with Gasteiger partial charge in [-0.25, -0.2) is 0 Å². The number of carbonyl (C=O) groups is 1. The van der Waals surface area contributed by atoms with Gasteiger partial charge in [0.1, 0.15) is 5.75 Å². The van der Waals surface area contributed by atoms with E-state index >= 15 is 0 Å². The number of ether oxygens (including phenoxy) is 1. The highest BCUT2D eigenvalue weighted by atomic mass is 79.9. The number of likely N-dealkylation sites (N-methyl/N-ethyl adjacent to an activating group) is 1. The van der Waals surface area contributed by atoms with E-state index in [1.54, 1.807) is 19.1 Å². The molecule has 1 aliphatic rings. The molecule has 0 radical (unpaired) electrons. The first kappa shape index (κ1) is 18.3. The third-order valence-corrected chi connectivity index (χ3v) is 4.41. The maximum absolute atomic E-state index is 12.5. The normalized spacial score (nSPS) is 16.2. The van der Waals surface area contributed by atoms with Crippen LogP contribution in [0.1, 0.15) is 31.2 Å². The van der Waals surface area contributed by atoms with E-state index in [0.717, 1.165) is 41.5 Å². The van der Waals surface area contributed by atoms with Crippen LogP contribution >= 0.6 is 28.3 Å². The van der Waals surface area contributed by atoms with Crippen molar-refractivity contribution in [3.63, 3.8) is 0 Å². The molecule has 0 unspecified atom stereocenters. The number of amides is 1. The number of nitrogens with two attached hydrogens (primary N) is 1. The van der Waals surface area contributed by atoms with Crippen molar-refractivity contribution in [3.05, 3.63) is 28.2 Å². The van der Waals surface area contributed by atoms with Gasteiger partial charge in [-0.2, -0.15) is 0 Å². The summed E-state index contributed by atoms with van der Waals surface area (Å²) in [7, 11) is 3.44. The largest absolute Gasteiger partial charge is 0.496 e. The van der Waals surface area contributed by atoms with Crippen LogP contribution in [0.25, 0.3) is 0 Å². The van der Waals surface area contributed by atoms with E-state index in [1.165, 1.54) is 0 Å². The molecule has 1 aliphatic carbocycles. The minimum Gasteiger partial charge on any atom is -0.496 e. The van der Waals surface area contributed by atoms with Crippen LogP contribution in [-0.4, -0.2) is 30.5 Å². The highest BCUT2D eigenvalue weighted by Crippen LogP contribution is 2.30. The zero-order chi connectivity index (χ0) is 14.8. The fraction of sp³-hybridized carbons (Fsp3) is 0.533. The van der Waals surface area contributed by atoms with E-state index < -0.39 is 5.54 Å². The first-order valence-electron chi connectivity index (χ1n) is 6.83. The molecule has 1 fully saturated rings. The number of carbonyl (C=O) groups excluding carboxylic acids is 1. The van der Waals surface area contributed by atoms with Gasteiger partial charge in [0, 0.05) is 23.6 Å². The average molecular weight is 378 g/mol. The molecule has 0 atom stereocenters. The maximum atomic E-state index is 12.5. The predicted octanol–water partition coefficient (Wildman–Crippen LogP) is 3.11. The molecular weight excluding hydrogens is 356 g/mol. The van der Waals surface area contributed by atoms with Crippen LogP contribution in [0.2, 0.25) is 0 Å². The van der Waals surface area contributed by atoms with E-state index in [1.807, 2.05) is 18.2 Å². The number of halogens is 2. The number of rotatable bonds is 4. The lowest BCUT2D eigenvalue weighted by atomic mass is 9.97. The molecule has 0 heterocycles. The Morgan fingerprint density at radius 2 is 2.05 bits per heavy atom. The molecule has 0 aliphatic heterocycles. The Kier molecular flexibility index (Phi) is 6.50. The van der Waals surface area contributed by atoms with Gasteiger partial charge >= 0.3 is 0 Å². The molecule has 2 rings (SSSR count). The molecule has 6 heteroatoms. The molecule has 0 bridgehead atoms. The molecular formula is C15H22BrClN2O2. The van der Waals surface area contributed by atoms with E-state index in [-0.39, 0.29) is 18.3 Å². The lowest BCUT2D eigenvalue weighted by Gasteiger charge is -2.29. The van der Waals surface area contributed by atoms with Crippen molar-refractivity contribution in [2.45, 2.75) is 37.8 Å². The van der Waals surface area contributed by atoms with Gasteiger partial charge in [0.2, 0.25) is 5.91 Å². The first-order chi connectivity index (χ1) is 9.46. The molecule has 0 saturated heterocycles. The summed E-state index contributed by atoms with van der Waals surface area (Å²) in [6.45, 7) is 0.500. The highest BCUT2D eigenvalue weighted by molar-refractivity contribution is 9.10. The van der Waals surface area contributed by atoms with Crippen molar-refractivity contribution in [3.8, 4) is 5.75 Å². The summed E-state index contributed by atoms with van der Waals surface area (Å²) < 4.78 is 6.31. The molecule has 1 aromatic rings. The minimum absolute atomic E-state index is 0. The molecule has 4 nitrogen and oxygen atoms in total. The first-order valence-corrected chi connectivity index (χ1v) is 7.62. The lowest BCUT2D eigenvalue weighted by molar-refractivity contribution is -0.136. The van der Waals surface area contributed by atoms with Crippen LogP contribution in [-0.2, 0) is 11.3 Å². The zero-order valence-corrected chi connectivity index (χ0v) is 14.8. The predicted molar refractivity (Wildman–Crippen MR) is 89.8 cm³/mol. The standard InChI is InChI=1S/C15H21BrN2O2.ClH/c1-18(14(19)15(17)7-3-4-8-15)10-11-9-12(16)5-6-13(11)20-2;/h5-6,9H,3-4,7-8,10,17H2,1-2H3;1H. The molecule has 1 amide bonds. The molecule has 0 aromatic heterocycles. The van der Waals surface area contributed by atoms with Gasteiger partial charge in [0.15, 0.2) is 0 Å². The smallest absolute Gasteiger partial charge is 0.242 e. The second-order valence-electron chi connectivity index (χ2n) is 5.48. The Bertz CT molecular complexity index is 504. The summed E-state index contributed by atoms with van der Waals surface area (Å²) >= 11 is 3.45. The van der Waals surface area contributed by atoms with Gasteiger partial charge in [-0.15, -0.1) is 12.4 Å².